The third kappa shape index (κ3) is 3.02. The van der Waals surface area contributed by atoms with Crippen molar-refractivity contribution in [2.45, 2.75) is 13.0 Å². The fraction of sp³-hybridized carbons (Fsp3) is 0.381. The van der Waals surface area contributed by atoms with Crippen molar-refractivity contribution in [3.8, 4) is 0 Å². The van der Waals surface area contributed by atoms with Crippen LogP contribution in [0.1, 0.15) is 11.1 Å². The lowest BCUT2D eigenvalue weighted by molar-refractivity contribution is 0.598. The molecule has 152 valence electrons. The first-order valence-corrected chi connectivity index (χ1v) is 11.7. The molecular weight excluding hydrogens is 386 g/mol. The fourth-order valence-electron chi connectivity index (χ4n) is 4.43. The molecule has 0 atom stereocenters. The Labute approximate surface area is 171 Å². The van der Waals surface area contributed by atoms with Gasteiger partial charge in [0.2, 0.25) is 10.0 Å². The summed E-state index contributed by atoms with van der Waals surface area (Å²) in [6.45, 7) is 3.25. The van der Waals surface area contributed by atoms with Crippen molar-refractivity contribution in [2.24, 2.45) is 0 Å². The maximum atomic E-state index is 12.0. The molecule has 7 nitrogen and oxygen atoms in total. The van der Waals surface area contributed by atoms with Crippen molar-refractivity contribution in [2.75, 3.05) is 54.1 Å². The van der Waals surface area contributed by atoms with Crippen molar-refractivity contribution in [3.05, 3.63) is 47.8 Å². The van der Waals surface area contributed by atoms with Crippen molar-refractivity contribution in [1.29, 1.82) is 0 Å². The number of rotatable bonds is 3. The number of benzene rings is 2. The summed E-state index contributed by atoms with van der Waals surface area (Å²) in [5, 5.41) is 0. The van der Waals surface area contributed by atoms with Crippen molar-refractivity contribution < 1.29 is 8.42 Å². The second kappa shape index (κ2) is 6.38. The van der Waals surface area contributed by atoms with Gasteiger partial charge in [-0.3, -0.25) is 4.31 Å². The average Bonchev–Trinajstić information content (AvgIpc) is 3.27. The molecule has 0 saturated carbocycles. The minimum absolute atomic E-state index is 0.525. The Morgan fingerprint density at radius 1 is 0.966 bits per heavy atom. The maximum Gasteiger partial charge on any atom is 0.232 e. The number of anilines is 3. The van der Waals surface area contributed by atoms with E-state index in [1.54, 1.807) is 0 Å². The highest BCUT2D eigenvalue weighted by atomic mass is 32.2. The van der Waals surface area contributed by atoms with Crippen LogP contribution in [0.15, 0.2) is 36.7 Å². The van der Waals surface area contributed by atoms with E-state index < -0.39 is 10.0 Å². The lowest BCUT2D eigenvalue weighted by Crippen LogP contribution is -2.36. The summed E-state index contributed by atoms with van der Waals surface area (Å²) in [6.07, 6.45) is 3.92. The molecule has 8 heteroatoms. The normalized spacial score (nSPS) is 16.4. The van der Waals surface area contributed by atoms with E-state index in [1.807, 2.05) is 18.5 Å². The van der Waals surface area contributed by atoms with Crippen LogP contribution in [0, 0.1) is 0 Å². The highest BCUT2D eigenvalue weighted by molar-refractivity contribution is 7.92. The summed E-state index contributed by atoms with van der Waals surface area (Å²) in [7, 11) is 1.04. The zero-order valence-electron chi connectivity index (χ0n) is 17.0. The van der Waals surface area contributed by atoms with Crippen LogP contribution in [-0.2, 0) is 23.0 Å². The molecule has 0 fully saturated rings. The van der Waals surface area contributed by atoms with Crippen LogP contribution in [0.2, 0.25) is 0 Å². The molecule has 0 aliphatic carbocycles. The predicted molar refractivity (Wildman–Crippen MR) is 118 cm³/mol. The molecule has 3 heterocycles. The number of fused-ring (bicyclic) bond motifs is 3. The second-order valence-corrected chi connectivity index (χ2v) is 10.0. The summed E-state index contributed by atoms with van der Waals surface area (Å²) in [4.78, 5) is 9.20. The van der Waals surface area contributed by atoms with E-state index in [0.717, 1.165) is 47.4 Å². The van der Waals surface area contributed by atoms with E-state index >= 15 is 0 Å². The lowest BCUT2D eigenvalue weighted by Gasteiger charge is -2.34. The molecule has 2 aliphatic rings. The predicted octanol–water partition coefficient (Wildman–Crippen LogP) is 2.29. The van der Waals surface area contributed by atoms with Gasteiger partial charge < -0.3 is 14.4 Å². The molecule has 0 spiro atoms. The second-order valence-electron chi connectivity index (χ2n) is 8.09. The van der Waals surface area contributed by atoms with Gasteiger partial charge in [-0.05, 0) is 35.7 Å². The highest BCUT2D eigenvalue weighted by Gasteiger charge is 2.26. The Hall–Kier alpha value is -2.74. The Kier molecular flexibility index (Phi) is 4.03. The zero-order valence-corrected chi connectivity index (χ0v) is 17.8. The summed E-state index contributed by atoms with van der Waals surface area (Å²) >= 11 is 0. The number of imidazole rings is 1. The van der Waals surface area contributed by atoms with Gasteiger partial charge in [0.25, 0.3) is 0 Å². The zero-order chi connectivity index (χ0) is 20.3. The number of likely N-dealkylation sites (N-methyl/N-ethyl adjacent to an activating group) is 2. The molecule has 5 rings (SSSR count). The molecule has 3 aromatic rings. The molecule has 2 aliphatic heterocycles. The van der Waals surface area contributed by atoms with Gasteiger partial charge in [-0.25, -0.2) is 13.4 Å². The fourth-order valence-corrected chi connectivity index (χ4v) is 5.38. The first-order chi connectivity index (χ1) is 13.8. The summed E-state index contributed by atoms with van der Waals surface area (Å²) in [5.74, 6) is 0. The van der Waals surface area contributed by atoms with Gasteiger partial charge in [0.05, 0.1) is 40.7 Å². The summed E-state index contributed by atoms with van der Waals surface area (Å²) < 4.78 is 27.6. The minimum atomic E-state index is -3.22. The topological polar surface area (TPSA) is 61.7 Å². The first-order valence-electron chi connectivity index (χ1n) is 9.82. The quantitative estimate of drug-likeness (QED) is 0.662. The Morgan fingerprint density at radius 3 is 2.41 bits per heavy atom. The number of aromatic nitrogens is 2. The number of nitrogens with zero attached hydrogens (tertiary/aromatic N) is 5. The molecule has 1 aromatic heterocycles. The highest BCUT2D eigenvalue weighted by Crippen LogP contribution is 2.36. The maximum absolute atomic E-state index is 12.0. The molecule has 0 saturated heterocycles. The average molecular weight is 412 g/mol. The third-order valence-electron chi connectivity index (χ3n) is 6.06. The van der Waals surface area contributed by atoms with Crippen LogP contribution >= 0.6 is 0 Å². The molecule has 0 N–H and O–H groups in total. The lowest BCUT2D eigenvalue weighted by atomic mass is 10.1. The first kappa shape index (κ1) is 18.3. The van der Waals surface area contributed by atoms with Crippen LogP contribution in [-0.4, -0.2) is 58.0 Å². The third-order valence-corrected chi connectivity index (χ3v) is 7.24. The molecule has 0 amide bonds. The standard InChI is InChI=1S/C21H25N5O2S/c1-23-8-9-24(2)21-12-19-17(11-20(21)23)22-14-25(19)13-15-4-5-18-16(10-15)6-7-26(18)29(3,27)28/h4-5,10-12,14H,6-9,13H2,1-3H3. The Bertz CT molecular complexity index is 1220. The Balaban J connectivity index is 1.49. The minimum Gasteiger partial charge on any atom is -0.371 e. The van der Waals surface area contributed by atoms with Gasteiger partial charge in [-0.1, -0.05) is 12.1 Å². The summed E-state index contributed by atoms with van der Waals surface area (Å²) in [5.41, 5.74) is 7.61. The molecule has 29 heavy (non-hydrogen) atoms. The van der Waals surface area contributed by atoms with Crippen molar-refractivity contribution in [1.82, 2.24) is 9.55 Å². The molecular formula is C21H25N5O2S. The van der Waals surface area contributed by atoms with Crippen LogP contribution in [0.5, 0.6) is 0 Å². The van der Waals surface area contributed by atoms with E-state index in [-0.39, 0.29) is 0 Å². The van der Waals surface area contributed by atoms with Gasteiger partial charge in [-0.2, -0.15) is 0 Å². The van der Waals surface area contributed by atoms with Crippen molar-refractivity contribution >= 4 is 38.1 Å². The van der Waals surface area contributed by atoms with Crippen LogP contribution in [0.3, 0.4) is 0 Å². The number of sulfonamides is 1. The monoisotopic (exact) mass is 411 g/mol. The number of hydrogen-bond acceptors (Lipinski definition) is 5. The SMILES string of the molecule is CN1CCN(C)c2cc3c(cc21)ncn3Cc1ccc2c(c1)CCN2S(C)(=O)=O. The van der Waals surface area contributed by atoms with Gasteiger partial charge in [-0.15, -0.1) is 0 Å². The molecule has 2 aromatic carbocycles. The van der Waals surface area contributed by atoms with Crippen LogP contribution < -0.4 is 14.1 Å². The van der Waals surface area contributed by atoms with E-state index in [1.165, 1.54) is 21.9 Å². The van der Waals surface area contributed by atoms with Gasteiger partial charge in [0.1, 0.15) is 0 Å². The smallest absolute Gasteiger partial charge is 0.232 e. The van der Waals surface area contributed by atoms with Crippen molar-refractivity contribution in [3.63, 3.8) is 0 Å². The molecule has 0 bridgehead atoms. The van der Waals surface area contributed by atoms with Gasteiger partial charge >= 0.3 is 0 Å². The van der Waals surface area contributed by atoms with Gasteiger partial charge in [0.15, 0.2) is 0 Å². The van der Waals surface area contributed by atoms with Gasteiger partial charge in [0, 0.05) is 40.3 Å². The van der Waals surface area contributed by atoms with E-state index in [4.69, 9.17) is 0 Å². The largest absolute Gasteiger partial charge is 0.371 e. The van der Waals surface area contributed by atoms with Crippen LogP contribution in [0.4, 0.5) is 17.1 Å². The Morgan fingerprint density at radius 2 is 1.69 bits per heavy atom. The summed E-state index contributed by atoms with van der Waals surface area (Å²) in [6, 6.07) is 10.5. The van der Waals surface area contributed by atoms with E-state index in [2.05, 4.69) is 51.6 Å². The molecule has 0 radical (unpaired) electrons. The molecule has 0 unspecified atom stereocenters. The van der Waals surface area contributed by atoms with E-state index in [0.29, 0.717) is 13.1 Å². The number of hydrogen-bond donors (Lipinski definition) is 0. The van der Waals surface area contributed by atoms with Crippen LogP contribution in [0.25, 0.3) is 11.0 Å². The van der Waals surface area contributed by atoms with E-state index in [9.17, 15) is 8.42 Å².